The Morgan fingerprint density at radius 2 is 2.00 bits per heavy atom. The lowest BCUT2D eigenvalue weighted by atomic mass is 10.2. The molecular weight excluding hydrogens is 440 g/mol. The summed E-state index contributed by atoms with van der Waals surface area (Å²) in [6.07, 6.45) is 1.37. The van der Waals surface area contributed by atoms with Crippen molar-refractivity contribution in [3.8, 4) is 11.5 Å². The van der Waals surface area contributed by atoms with E-state index in [1.165, 1.54) is 18.1 Å². The van der Waals surface area contributed by atoms with Gasteiger partial charge in [-0.05, 0) is 30.5 Å². The van der Waals surface area contributed by atoms with Gasteiger partial charge in [0.2, 0.25) is 16.8 Å². The van der Waals surface area contributed by atoms with E-state index in [2.05, 4.69) is 19.7 Å². The van der Waals surface area contributed by atoms with Crippen LogP contribution < -0.4 is 19.9 Å². The highest BCUT2D eigenvalue weighted by Gasteiger charge is 2.21. The van der Waals surface area contributed by atoms with Gasteiger partial charge in [0.1, 0.15) is 6.33 Å². The third kappa shape index (κ3) is 4.70. The van der Waals surface area contributed by atoms with Gasteiger partial charge >= 0.3 is 0 Å². The van der Waals surface area contributed by atoms with Crippen molar-refractivity contribution in [2.45, 2.75) is 37.4 Å². The first kappa shape index (κ1) is 21.7. The Morgan fingerprint density at radius 3 is 2.74 bits per heavy atom. The summed E-state index contributed by atoms with van der Waals surface area (Å²) in [6, 6.07) is 3.83. The summed E-state index contributed by atoms with van der Waals surface area (Å²) in [6.45, 7) is 6.46. The van der Waals surface area contributed by atoms with Crippen molar-refractivity contribution in [3.63, 3.8) is 0 Å². The number of nitrogens with two attached hydrogens (primary N) is 1. The van der Waals surface area contributed by atoms with E-state index in [-0.39, 0.29) is 30.8 Å². The summed E-state index contributed by atoms with van der Waals surface area (Å²) in [5.74, 6) is 1.78. The lowest BCUT2D eigenvalue weighted by molar-refractivity contribution is 0.174. The fourth-order valence-corrected chi connectivity index (χ4v) is 5.66. The van der Waals surface area contributed by atoms with Crippen molar-refractivity contribution in [1.29, 1.82) is 0 Å². The molecule has 0 aliphatic carbocycles. The van der Waals surface area contributed by atoms with Crippen LogP contribution in [-0.4, -0.2) is 47.0 Å². The van der Waals surface area contributed by atoms with Gasteiger partial charge in [-0.3, -0.25) is 0 Å². The highest BCUT2D eigenvalue weighted by molar-refractivity contribution is 7.99. The number of fused-ring (bicyclic) bond motifs is 2. The maximum atomic E-state index is 12.2. The van der Waals surface area contributed by atoms with Crippen LogP contribution in [0.4, 0.5) is 5.82 Å². The zero-order valence-corrected chi connectivity index (χ0v) is 19.1. The molecule has 0 saturated carbocycles. The average Bonchev–Trinajstić information content (AvgIpc) is 3.26. The highest BCUT2D eigenvalue weighted by Crippen LogP contribution is 2.40. The molecule has 1 aliphatic rings. The van der Waals surface area contributed by atoms with E-state index in [9.17, 15) is 8.42 Å². The van der Waals surface area contributed by atoms with Crippen molar-refractivity contribution >= 4 is 38.8 Å². The molecule has 0 unspecified atom stereocenters. The number of hydrogen-bond donors (Lipinski definition) is 2. The van der Waals surface area contributed by atoms with Gasteiger partial charge in [0, 0.05) is 18.0 Å². The number of sulfonamides is 1. The highest BCUT2D eigenvalue weighted by atomic mass is 32.2. The van der Waals surface area contributed by atoms with Crippen LogP contribution in [0.3, 0.4) is 0 Å². The topological polar surface area (TPSA) is 134 Å². The lowest BCUT2D eigenvalue weighted by Crippen LogP contribution is -2.31. The van der Waals surface area contributed by atoms with E-state index in [4.69, 9.17) is 15.2 Å². The first-order valence-corrected chi connectivity index (χ1v) is 12.2. The van der Waals surface area contributed by atoms with Crippen LogP contribution in [0, 0.1) is 12.8 Å². The Bertz CT molecular complexity index is 1230. The van der Waals surface area contributed by atoms with Gasteiger partial charge in [-0.15, -0.1) is 0 Å². The molecule has 0 radical (unpaired) electrons. The van der Waals surface area contributed by atoms with E-state index in [0.717, 1.165) is 10.5 Å². The maximum Gasteiger partial charge on any atom is 0.231 e. The predicted octanol–water partition coefficient (Wildman–Crippen LogP) is 2.17. The minimum Gasteiger partial charge on any atom is -0.454 e. The second-order valence-electron chi connectivity index (χ2n) is 7.62. The number of hydrogen-bond acceptors (Lipinski definition) is 9. The number of anilines is 1. The fourth-order valence-electron chi connectivity index (χ4n) is 3.26. The molecule has 1 aromatic carbocycles. The molecule has 3 heterocycles. The first-order chi connectivity index (χ1) is 14.7. The monoisotopic (exact) mass is 464 g/mol. The van der Waals surface area contributed by atoms with Crippen molar-refractivity contribution in [3.05, 3.63) is 24.0 Å². The molecule has 0 bridgehead atoms. The Balaban J connectivity index is 1.64. The van der Waals surface area contributed by atoms with E-state index in [0.29, 0.717) is 34.4 Å². The van der Waals surface area contributed by atoms with Crippen molar-refractivity contribution in [1.82, 2.24) is 24.2 Å². The molecule has 0 fully saturated rings. The van der Waals surface area contributed by atoms with Crippen LogP contribution in [-0.2, 0) is 16.6 Å². The third-order valence-corrected chi connectivity index (χ3v) is 7.51. The Labute approximate surface area is 184 Å². The van der Waals surface area contributed by atoms with Crippen molar-refractivity contribution < 1.29 is 17.9 Å². The fraction of sp³-hybridized carbons (Fsp3) is 0.421. The van der Waals surface area contributed by atoms with Crippen LogP contribution >= 0.6 is 11.8 Å². The summed E-state index contributed by atoms with van der Waals surface area (Å²) < 4.78 is 39.8. The third-order valence-electron chi connectivity index (χ3n) is 4.61. The SMILES string of the molecule is Cc1cc2c(cc1Sc1nc3c(N)ncnc3n1CCNS(=O)(=O)CC(C)C)OCO2. The quantitative estimate of drug-likeness (QED) is 0.514. The van der Waals surface area contributed by atoms with Gasteiger partial charge in [0.05, 0.1) is 5.75 Å². The standard InChI is InChI=1S/C19H24N6O4S2/c1-11(2)8-31(26,27)23-4-5-25-18-16(17(20)21-9-22-18)24-19(25)30-15-7-14-13(6-12(15)3)28-10-29-14/h6-7,9,11,23H,4-5,8,10H2,1-3H3,(H2,20,21,22). The van der Waals surface area contributed by atoms with E-state index >= 15 is 0 Å². The van der Waals surface area contributed by atoms with Crippen molar-refractivity contribution in [2.75, 3.05) is 24.8 Å². The second kappa shape index (κ2) is 8.52. The molecule has 4 rings (SSSR count). The number of nitrogens with one attached hydrogen (secondary N) is 1. The number of nitrogen functional groups attached to an aromatic ring is 1. The van der Waals surface area contributed by atoms with Gasteiger partial charge in [-0.25, -0.2) is 28.1 Å². The Kier molecular flexibility index (Phi) is 5.95. The molecule has 2 aromatic heterocycles. The molecule has 0 spiro atoms. The van der Waals surface area contributed by atoms with Gasteiger partial charge in [-0.1, -0.05) is 25.6 Å². The van der Waals surface area contributed by atoms with Gasteiger partial charge in [0.15, 0.2) is 33.6 Å². The Morgan fingerprint density at radius 1 is 1.26 bits per heavy atom. The number of rotatable bonds is 8. The van der Waals surface area contributed by atoms with Crippen LogP contribution in [0.25, 0.3) is 11.2 Å². The van der Waals surface area contributed by atoms with Crippen molar-refractivity contribution in [2.24, 2.45) is 5.92 Å². The predicted molar refractivity (Wildman–Crippen MR) is 118 cm³/mol. The molecule has 12 heteroatoms. The number of ether oxygens (including phenoxy) is 2. The number of aromatic nitrogens is 4. The number of aryl methyl sites for hydroxylation is 1. The molecule has 1 aliphatic heterocycles. The molecule has 3 aromatic rings. The summed E-state index contributed by atoms with van der Waals surface area (Å²) >= 11 is 1.43. The van der Waals surface area contributed by atoms with E-state index in [1.807, 2.05) is 37.5 Å². The first-order valence-electron chi connectivity index (χ1n) is 9.75. The number of nitrogens with zero attached hydrogens (tertiary/aromatic N) is 4. The van der Waals surface area contributed by atoms with Crippen LogP contribution in [0.15, 0.2) is 28.5 Å². The zero-order valence-electron chi connectivity index (χ0n) is 17.5. The van der Waals surface area contributed by atoms with E-state index in [1.54, 1.807) is 0 Å². The Hall–Kier alpha value is -2.57. The summed E-state index contributed by atoms with van der Waals surface area (Å²) in [5, 5.41) is 0.632. The van der Waals surface area contributed by atoms with Gasteiger partial charge < -0.3 is 19.8 Å². The average molecular weight is 465 g/mol. The van der Waals surface area contributed by atoms with Crippen LogP contribution in [0.1, 0.15) is 19.4 Å². The van der Waals surface area contributed by atoms with Gasteiger partial charge in [-0.2, -0.15) is 0 Å². The largest absolute Gasteiger partial charge is 0.454 e. The molecule has 0 amide bonds. The normalized spacial score (nSPS) is 13.4. The van der Waals surface area contributed by atoms with E-state index < -0.39 is 10.0 Å². The minimum atomic E-state index is -3.36. The zero-order chi connectivity index (χ0) is 22.2. The molecule has 31 heavy (non-hydrogen) atoms. The molecule has 0 atom stereocenters. The summed E-state index contributed by atoms with van der Waals surface area (Å²) in [5.41, 5.74) is 8.04. The summed E-state index contributed by atoms with van der Waals surface area (Å²) in [7, 11) is -3.36. The minimum absolute atomic E-state index is 0.0409. The number of benzene rings is 1. The lowest BCUT2D eigenvalue weighted by Gasteiger charge is -2.12. The number of imidazole rings is 1. The second-order valence-corrected chi connectivity index (χ2v) is 10.5. The van der Waals surface area contributed by atoms with Crippen LogP contribution in [0.2, 0.25) is 0 Å². The van der Waals surface area contributed by atoms with Crippen LogP contribution in [0.5, 0.6) is 11.5 Å². The maximum absolute atomic E-state index is 12.2. The molecule has 3 N–H and O–H groups in total. The molecule has 10 nitrogen and oxygen atoms in total. The van der Waals surface area contributed by atoms with Gasteiger partial charge in [0.25, 0.3) is 0 Å². The molecule has 0 saturated heterocycles. The molecular formula is C19H24N6O4S2. The smallest absolute Gasteiger partial charge is 0.231 e. The summed E-state index contributed by atoms with van der Waals surface area (Å²) in [4.78, 5) is 13.9. The molecule has 166 valence electrons.